The molecule has 0 radical (unpaired) electrons. The van der Waals surface area contributed by atoms with E-state index in [1.165, 1.54) is 0 Å². The smallest absolute Gasteiger partial charge is 0.246 e. The molecule has 2 N–H and O–H groups in total. The molecule has 0 bridgehead atoms. The van der Waals surface area contributed by atoms with Crippen LogP contribution in [0, 0.1) is 5.92 Å². The SMILES string of the molecule is C=C(C)C(=O)NCCC(O)C(C)C. The molecule has 0 aromatic carbocycles. The van der Waals surface area contributed by atoms with E-state index in [0.29, 0.717) is 18.5 Å². The van der Waals surface area contributed by atoms with Crippen molar-refractivity contribution in [1.29, 1.82) is 0 Å². The summed E-state index contributed by atoms with van der Waals surface area (Å²) in [5, 5.41) is 12.1. The van der Waals surface area contributed by atoms with Crippen LogP contribution in [0.5, 0.6) is 0 Å². The van der Waals surface area contributed by atoms with Crippen molar-refractivity contribution in [1.82, 2.24) is 5.32 Å². The van der Waals surface area contributed by atoms with Crippen molar-refractivity contribution in [3.63, 3.8) is 0 Å². The molecular weight excluding hydrogens is 166 g/mol. The normalized spacial score (nSPS) is 12.7. The minimum atomic E-state index is -0.342. The predicted molar refractivity (Wildman–Crippen MR) is 53.3 cm³/mol. The summed E-state index contributed by atoms with van der Waals surface area (Å²) in [5.74, 6) is 0.0951. The fourth-order valence-electron chi connectivity index (χ4n) is 0.818. The number of carbonyl (C=O) groups excluding carboxylic acids is 1. The maximum Gasteiger partial charge on any atom is 0.246 e. The summed E-state index contributed by atoms with van der Waals surface area (Å²) in [5.41, 5.74) is 0.499. The first-order valence-corrected chi connectivity index (χ1v) is 4.57. The fraction of sp³-hybridized carbons (Fsp3) is 0.700. The number of carbonyl (C=O) groups is 1. The molecule has 0 aliphatic heterocycles. The van der Waals surface area contributed by atoms with Gasteiger partial charge in [-0.1, -0.05) is 20.4 Å². The number of amides is 1. The van der Waals surface area contributed by atoms with Crippen molar-refractivity contribution in [2.24, 2.45) is 5.92 Å². The van der Waals surface area contributed by atoms with E-state index < -0.39 is 0 Å². The van der Waals surface area contributed by atoms with E-state index in [1.807, 2.05) is 13.8 Å². The van der Waals surface area contributed by atoms with E-state index in [0.717, 1.165) is 0 Å². The van der Waals surface area contributed by atoms with Gasteiger partial charge in [0, 0.05) is 12.1 Å². The van der Waals surface area contributed by atoms with E-state index in [2.05, 4.69) is 11.9 Å². The molecule has 0 aromatic heterocycles. The Labute approximate surface area is 79.8 Å². The average molecular weight is 185 g/mol. The second-order valence-corrected chi connectivity index (χ2v) is 3.64. The quantitative estimate of drug-likeness (QED) is 0.630. The number of hydrogen-bond donors (Lipinski definition) is 2. The summed E-state index contributed by atoms with van der Waals surface area (Å²) in [6, 6.07) is 0. The van der Waals surface area contributed by atoms with Gasteiger partial charge in [0.1, 0.15) is 0 Å². The van der Waals surface area contributed by atoms with Gasteiger partial charge < -0.3 is 10.4 Å². The first-order chi connectivity index (χ1) is 5.95. The Morgan fingerprint density at radius 1 is 1.54 bits per heavy atom. The third-order valence-electron chi connectivity index (χ3n) is 1.88. The van der Waals surface area contributed by atoms with Crippen LogP contribution >= 0.6 is 0 Å². The van der Waals surface area contributed by atoms with Crippen LogP contribution in [0.3, 0.4) is 0 Å². The molecule has 3 nitrogen and oxygen atoms in total. The van der Waals surface area contributed by atoms with Gasteiger partial charge >= 0.3 is 0 Å². The zero-order valence-corrected chi connectivity index (χ0v) is 8.63. The van der Waals surface area contributed by atoms with Gasteiger partial charge in [0.05, 0.1) is 6.10 Å². The zero-order chi connectivity index (χ0) is 10.4. The van der Waals surface area contributed by atoms with E-state index >= 15 is 0 Å². The predicted octanol–water partition coefficient (Wildman–Crippen LogP) is 1.09. The molecule has 0 heterocycles. The molecule has 1 atom stereocenters. The number of rotatable bonds is 5. The molecule has 0 aromatic rings. The van der Waals surface area contributed by atoms with Gasteiger partial charge in [0.25, 0.3) is 0 Å². The molecule has 13 heavy (non-hydrogen) atoms. The molecule has 76 valence electrons. The zero-order valence-electron chi connectivity index (χ0n) is 8.63. The standard InChI is InChI=1S/C10H19NO2/c1-7(2)9(12)5-6-11-10(13)8(3)4/h7,9,12H,3,5-6H2,1-2,4H3,(H,11,13). The number of nitrogens with one attached hydrogen (secondary N) is 1. The van der Waals surface area contributed by atoms with E-state index in [1.54, 1.807) is 6.92 Å². The molecule has 0 aliphatic rings. The Morgan fingerprint density at radius 2 is 2.08 bits per heavy atom. The van der Waals surface area contributed by atoms with Crippen LogP contribution < -0.4 is 5.32 Å². The minimum Gasteiger partial charge on any atom is -0.393 e. The Bertz CT molecular complexity index is 187. The highest BCUT2D eigenvalue weighted by molar-refractivity contribution is 5.91. The van der Waals surface area contributed by atoms with Crippen LogP contribution in [0.1, 0.15) is 27.2 Å². The molecule has 1 amide bonds. The lowest BCUT2D eigenvalue weighted by Crippen LogP contribution is -2.28. The molecule has 3 heteroatoms. The second kappa shape index (κ2) is 5.75. The Balaban J connectivity index is 3.56. The molecule has 0 aliphatic carbocycles. The molecule has 0 rings (SSSR count). The summed E-state index contributed by atoms with van der Waals surface area (Å²) in [6.07, 6.45) is 0.252. The topological polar surface area (TPSA) is 49.3 Å². The Kier molecular flexibility index (Phi) is 5.39. The largest absolute Gasteiger partial charge is 0.393 e. The van der Waals surface area contributed by atoms with Gasteiger partial charge in [-0.05, 0) is 19.3 Å². The lowest BCUT2D eigenvalue weighted by atomic mass is 10.0. The summed E-state index contributed by atoms with van der Waals surface area (Å²) in [6.45, 7) is 9.58. The van der Waals surface area contributed by atoms with Crippen LogP contribution in [0.4, 0.5) is 0 Å². The third-order valence-corrected chi connectivity index (χ3v) is 1.88. The van der Waals surface area contributed by atoms with Crippen LogP contribution in [0.15, 0.2) is 12.2 Å². The van der Waals surface area contributed by atoms with Crippen molar-refractivity contribution >= 4 is 5.91 Å². The molecule has 0 saturated carbocycles. The molecule has 0 saturated heterocycles. The first kappa shape index (κ1) is 12.2. The molecule has 0 fully saturated rings. The second-order valence-electron chi connectivity index (χ2n) is 3.64. The summed E-state index contributed by atoms with van der Waals surface area (Å²) >= 11 is 0. The molecule has 1 unspecified atom stereocenters. The first-order valence-electron chi connectivity index (χ1n) is 4.57. The summed E-state index contributed by atoms with van der Waals surface area (Å²) < 4.78 is 0. The van der Waals surface area contributed by atoms with Gasteiger partial charge in [-0.3, -0.25) is 4.79 Å². The monoisotopic (exact) mass is 185 g/mol. The van der Waals surface area contributed by atoms with Crippen LogP contribution in [0.25, 0.3) is 0 Å². The lowest BCUT2D eigenvalue weighted by Gasteiger charge is -2.14. The summed E-state index contributed by atoms with van der Waals surface area (Å²) in [4.78, 5) is 11.0. The Morgan fingerprint density at radius 3 is 2.46 bits per heavy atom. The van der Waals surface area contributed by atoms with Crippen molar-refractivity contribution in [2.45, 2.75) is 33.3 Å². The highest BCUT2D eigenvalue weighted by Crippen LogP contribution is 2.04. The molecule has 0 spiro atoms. The van der Waals surface area contributed by atoms with Crippen molar-refractivity contribution in [2.75, 3.05) is 6.54 Å². The van der Waals surface area contributed by atoms with Gasteiger partial charge in [-0.2, -0.15) is 0 Å². The lowest BCUT2D eigenvalue weighted by molar-refractivity contribution is -0.117. The number of hydrogen-bond acceptors (Lipinski definition) is 2. The van der Waals surface area contributed by atoms with Crippen molar-refractivity contribution in [3.8, 4) is 0 Å². The third kappa shape index (κ3) is 5.42. The Hall–Kier alpha value is -0.830. The van der Waals surface area contributed by atoms with Crippen molar-refractivity contribution < 1.29 is 9.90 Å². The molecular formula is C10H19NO2. The highest BCUT2D eigenvalue weighted by Gasteiger charge is 2.09. The van der Waals surface area contributed by atoms with E-state index in [-0.39, 0.29) is 17.9 Å². The highest BCUT2D eigenvalue weighted by atomic mass is 16.3. The van der Waals surface area contributed by atoms with Crippen LogP contribution in [-0.2, 0) is 4.79 Å². The van der Waals surface area contributed by atoms with Gasteiger partial charge in [-0.15, -0.1) is 0 Å². The van der Waals surface area contributed by atoms with Gasteiger partial charge in [-0.25, -0.2) is 0 Å². The van der Waals surface area contributed by atoms with Crippen LogP contribution in [-0.4, -0.2) is 23.7 Å². The van der Waals surface area contributed by atoms with Crippen molar-refractivity contribution in [3.05, 3.63) is 12.2 Å². The van der Waals surface area contributed by atoms with Crippen LogP contribution in [0.2, 0.25) is 0 Å². The summed E-state index contributed by atoms with van der Waals surface area (Å²) in [7, 11) is 0. The van der Waals surface area contributed by atoms with Gasteiger partial charge in [0.15, 0.2) is 0 Å². The maximum atomic E-state index is 11.0. The fourth-order valence-corrected chi connectivity index (χ4v) is 0.818. The van der Waals surface area contributed by atoms with E-state index in [4.69, 9.17) is 0 Å². The number of aliphatic hydroxyl groups is 1. The van der Waals surface area contributed by atoms with Gasteiger partial charge in [0.2, 0.25) is 5.91 Å². The number of aliphatic hydroxyl groups excluding tert-OH is 1. The minimum absolute atomic E-state index is 0.143. The maximum absolute atomic E-state index is 11.0. The van der Waals surface area contributed by atoms with E-state index in [9.17, 15) is 9.90 Å². The average Bonchev–Trinajstić information content (AvgIpc) is 2.03.